The van der Waals surface area contributed by atoms with Gasteiger partial charge in [-0.05, 0) is 36.2 Å². The van der Waals surface area contributed by atoms with Gasteiger partial charge in [-0.15, -0.1) is 0 Å². The summed E-state index contributed by atoms with van der Waals surface area (Å²) < 4.78 is 27.1. The lowest BCUT2D eigenvalue weighted by Crippen LogP contribution is -2.34. The summed E-state index contributed by atoms with van der Waals surface area (Å²) in [6, 6.07) is 11.4. The number of hydrogen-bond acceptors (Lipinski definition) is 2. The van der Waals surface area contributed by atoms with Crippen LogP contribution in [0.25, 0.3) is 10.9 Å². The van der Waals surface area contributed by atoms with Crippen molar-refractivity contribution in [2.24, 2.45) is 0 Å². The van der Waals surface area contributed by atoms with Crippen LogP contribution in [0.4, 0.5) is 8.78 Å². The van der Waals surface area contributed by atoms with Crippen LogP contribution in [0.1, 0.15) is 22.9 Å². The summed E-state index contributed by atoms with van der Waals surface area (Å²) in [6.45, 7) is 1.72. The van der Waals surface area contributed by atoms with Crippen molar-refractivity contribution in [3.05, 3.63) is 70.9 Å². The monoisotopic (exact) mass is 328 g/mol. The fraction of sp³-hybridized carbons (Fsp3) is 0.263. The quantitative estimate of drug-likeness (QED) is 0.772. The highest BCUT2D eigenvalue weighted by molar-refractivity contribution is 5.84. The van der Waals surface area contributed by atoms with Gasteiger partial charge >= 0.3 is 0 Å². The zero-order valence-corrected chi connectivity index (χ0v) is 13.1. The number of β-amino-alcohol motifs (C(OH)–C–C–N with tert-alkyl or cyclic N) is 1. The molecule has 2 heterocycles. The third-order valence-electron chi connectivity index (χ3n) is 4.71. The lowest BCUT2D eigenvalue weighted by Gasteiger charge is -2.29. The minimum atomic E-state index is -1.05. The topological polar surface area (TPSA) is 39.3 Å². The fourth-order valence-electron chi connectivity index (χ4n) is 3.52. The molecule has 0 spiro atoms. The van der Waals surface area contributed by atoms with E-state index in [1.807, 2.05) is 12.1 Å². The molecule has 2 N–H and O–H groups in total. The SMILES string of the molecule is OC(CN1CCc2c([nH]c3ccccc23)C1)c1cc(F)ccc1F. The van der Waals surface area contributed by atoms with Gasteiger partial charge in [0.05, 0.1) is 6.10 Å². The minimum Gasteiger partial charge on any atom is -0.387 e. The van der Waals surface area contributed by atoms with E-state index in [0.717, 1.165) is 42.4 Å². The highest BCUT2D eigenvalue weighted by Crippen LogP contribution is 2.28. The van der Waals surface area contributed by atoms with E-state index in [1.165, 1.54) is 10.9 Å². The number of benzene rings is 2. The fourth-order valence-corrected chi connectivity index (χ4v) is 3.52. The van der Waals surface area contributed by atoms with Gasteiger partial charge in [-0.25, -0.2) is 8.78 Å². The maximum absolute atomic E-state index is 13.8. The Kier molecular flexibility index (Phi) is 3.82. The summed E-state index contributed by atoms with van der Waals surface area (Å²) in [5, 5.41) is 11.5. The molecular weight excluding hydrogens is 310 g/mol. The smallest absolute Gasteiger partial charge is 0.129 e. The number of rotatable bonds is 3. The number of nitrogens with one attached hydrogen (secondary N) is 1. The minimum absolute atomic E-state index is 0.0115. The van der Waals surface area contributed by atoms with Crippen molar-refractivity contribution in [1.82, 2.24) is 9.88 Å². The first kappa shape index (κ1) is 15.3. The number of aromatic nitrogens is 1. The molecule has 0 saturated carbocycles. The third kappa shape index (κ3) is 2.70. The van der Waals surface area contributed by atoms with Gasteiger partial charge in [-0.3, -0.25) is 4.90 Å². The lowest BCUT2D eigenvalue weighted by atomic mass is 10.0. The highest BCUT2D eigenvalue weighted by Gasteiger charge is 2.23. The average Bonchev–Trinajstić information content (AvgIpc) is 2.94. The van der Waals surface area contributed by atoms with E-state index in [4.69, 9.17) is 0 Å². The molecular formula is C19H18F2N2O. The molecule has 1 unspecified atom stereocenters. The molecule has 0 aliphatic carbocycles. The van der Waals surface area contributed by atoms with Crippen LogP contribution in [0.5, 0.6) is 0 Å². The van der Waals surface area contributed by atoms with Gasteiger partial charge in [-0.1, -0.05) is 18.2 Å². The molecule has 2 aromatic carbocycles. The molecule has 124 valence electrons. The van der Waals surface area contributed by atoms with Gasteiger partial charge in [0, 0.05) is 41.8 Å². The number of aromatic amines is 1. The molecule has 24 heavy (non-hydrogen) atoms. The summed E-state index contributed by atoms with van der Waals surface area (Å²) in [5.41, 5.74) is 3.57. The maximum atomic E-state index is 13.8. The summed E-state index contributed by atoms with van der Waals surface area (Å²) in [6.07, 6.45) is -0.177. The van der Waals surface area contributed by atoms with Gasteiger partial charge in [0.2, 0.25) is 0 Å². The van der Waals surface area contributed by atoms with Crippen LogP contribution in [0.2, 0.25) is 0 Å². The number of halogens is 2. The number of aliphatic hydroxyl groups is 1. The van der Waals surface area contributed by atoms with Crippen molar-refractivity contribution in [2.45, 2.75) is 19.1 Å². The second-order valence-corrected chi connectivity index (χ2v) is 6.29. The first-order valence-electron chi connectivity index (χ1n) is 8.05. The van der Waals surface area contributed by atoms with Crippen LogP contribution in [0.3, 0.4) is 0 Å². The Morgan fingerprint density at radius 2 is 2.00 bits per heavy atom. The summed E-state index contributed by atoms with van der Waals surface area (Å²) in [4.78, 5) is 5.48. The van der Waals surface area contributed by atoms with Gasteiger partial charge < -0.3 is 10.1 Å². The van der Waals surface area contributed by atoms with E-state index in [9.17, 15) is 13.9 Å². The van der Waals surface area contributed by atoms with E-state index in [0.29, 0.717) is 6.54 Å². The molecule has 1 aromatic heterocycles. The molecule has 3 aromatic rings. The molecule has 5 heteroatoms. The maximum Gasteiger partial charge on any atom is 0.129 e. The number of fused-ring (bicyclic) bond motifs is 3. The van der Waals surface area contributed by atoms with E-state index < -0.39 is 17.7 Å². The molecule has 0 bridgehead atoms. The number of nitrogens with zero attached hydrogens (tertiary/aromatic N) is 1. The normalized spacial score (nSPS) is 16.3. The summed E-state index contributed by atoms with van der Waals surface area (Å²) in [5.74, 6) is -1.12. The summed E-state index contributed by atoms with van der Waals surface area (Å²) >= 11 is 0. The van der Waals surface area contributed by atoms with Crippen molar-refractivity contribution < 1.29 is 13.9 Å². The van der Waals surface area contributed by atoms with Crippen molar-refractivity contribution in [3.8, 4) is 0 Å². The molecule has 0 fully saturated rings. The summed E-state index contributed by atoms with van der Waals surface area (Å²) in [7, 11) is 0. The van der Waals surface area contributed by atoms with E-state index in [2.05, 4.69) is 22.0 Å². The number of para-hydroxylation sites is 1. The molecule has 1 atom stereocenters. The lowest BCUT2D eigenvalue weighted by molar-refractivity contribution is 0.102. The van der Waals surface area contributed by atoms with Gasteiger partial charge in [0.25, 0.3) is 0 Å². The molecule has 0 amide bonds. The van der Waals surface area contributed by atoms with Crippen molar-refractivity contribution in [2.75, 3.05) is 13.1 Å². The Labute approximate surface area is 138 Å². The molecule has 1 aliphatic heterocycles. The predicted molar refractivity (Wildman–Crippen MR) is 88.6 cm³/mol. The predicted octanol–water partition coefficient (Wildman–Crippen LogP) is 3.54. The third-order valence-corrected chi connectivity index (χ3v) is 4.71. The Morgan fingerprint density at radius 1 is 1.17 bits per heavy atom. The van der Waals surface area contributed by atoms with Crippen molar-refractivity contribution >= 4 is 10.9 Å². The van der Waals surface area contributed by atoms with Crippen LogP contribution in [0.15, 0.2) is 42.5 Å². The van der Waals surface area contributed by atoms with E-state index >= 15 is 0 Å². The van der Waals surface area contributed by atoms with E-state index in [1.54, 1.807) is 0 Å². The number of H-pyrrole nitrogens is 1. The molecule has 0 radical (unpaired) electrons. The zero-order chi connectivity index (χ0) is 16.7. The Morgan fingerprint density at radius 3 is 2.88 bits per heavy atom. The first-order chi connectivity index (χ1) is 11.6. The van der Waals surface area contributed by atoms with E-state index in [-0.39, 0.29) is 12.1 Å². The van der Waals surface area contributed by atoms with Gasteiger partial charge in [0.1, 0.15) is 11.6 Å². The number of aliphatic hydroxyl groups excluding tert-OH is 1. The number of hydrogen-bond donors (Lipinski definition) is 2. The van der Waals surface area contributed by atoms with Crippen LogP contribution in [-0.4, -0.2) is 28.1 Å². The molecule has 0 saturated heterocycles. The largest absolute Gasteiger partial charge is 0.387 e. The Balaban J connectivity index is 1.53. The van der Waals surface area contributed by atoms with Crippen LogP contribution < -0.4 is 0 Å². The van der Waals surface area contributed by atoms with Crippen LogP contribution >= 0.6 is 0 Å². The highest BCUT2D eigenvalue weighted by atomic mass is 19.1. The second-order valence-electron chi connectivity index (χ2n) is 6.29. The first-order valence-corrected chi connectivity index (χ1v) is 8.05. The molecule has 1 aliphatic rings. The van der Waals surface area contributed by atoms with Gasteiger partial charge in [-0.2, -0.15) is 0 Å². The Hall–Kier alpha value is -2.24. The molecule has 4 rings (SSSR count). The second kappa shape index (κ2) is 6.00. The van der Waals surface area contributed by atoms with Crippen molar-refractivity contribution in [1.29, 1.82) is 0 Å². The van der Waals surface area contributed by atoms with Crippen molar-refractivity contribution in [3.63, 3.8) is 0 Å². The average molecular weight is 328 g/mol. The van der Waals surface area contributed by atoms with Gasteiger partial charge in [0.15, 0.2) is 0 Å². The zero-order valence-electron chi connectivity index (χ0n) is 13.1. The Bertz CT molecular complexity index is 890. The standard InChI is InChI=1S/C19H18F2N2O/c20-12-5-6-16(21)15(9-12)19(24)11-23-8-7-14-13-3-1-2-4-17(13)22-18(14)10-23/h1-6,9,19,22,24H,7-8,10-11H2. The van der Waals surface area contributed by atoms with Crippen LogP contribution in [0, 0.1) is 11.6 Å². The van der Waals surface area contributed by atoms with Crippen LogP contribution in [-0.2, 0) is 13.0 Å². The molecule has 3 nitrogen and oxygen atoms in total.